The highest BCUT2D eigenvalue weighted by Crippen LogP contribution is 2.20. The van der Waals surface area contributed by atoms with Crippen LogP contribution in [0.3, 0.4) is 0 Å². The molecule has 1 amide bonds. The minimum Gasteiger partial charge on any atom is -0.340 e. The Hall–Kier alpha value is -0.720. The number of nitrogens with one attached hydrogen (secondary N) is 1. The molecule has 1 aromatic carbocycles. The molecule has 0 saturated heterocycles. The van der Waals surface area contributed by atoms with E-state index in [0.717, 1.165) is 12.1 Å². The van der Waals surface area contributed by atoms with Crippen molar-refractivity contribution in [2.75, 3.05) is 27.2 Å². The summed E-state index contributed by atoms with van der Waals surface area (Å²) in [5.41, 5.74) is -0.521. The highest BCUT2D eigenvalue weighted by molar-refractivity contribution is 9.10. The largest absolute Gasteiger partial charge is 0.340 e. The Morgan fingerprint density at radius 2 is 1.89 bits per heavy atom. The molecule has 0 saturated carbocycles. The van der Waals surface area contributed by atoms with Gasteiger partial charge in [0.1, 0.15) is 17.2 Å². The van der Waals surface area contributed by atoms with Gasteiger partial charge in [0.05, 0.1) is 0 Å². The zero-order chi connectivity index (χ0) is 13.0. The molecule has 1 rings (SSSR count). The topological polar surface area (TPSA) is 32.3 Å². The minimum atomic E-state index is -0.863. The number of benzene rings is 1. The fourth-order valence-electron chi connectivity index (χ4n) is 1.32. The highest BCUT2D eigenvalue weighted by atomic mass is 79.9. The van der Waals surface area contributed by atoms with Crippen LogP contribution in [0.25, 0.3) is 0 Å². The third-order valence-electron chi connectivity index (χ3n) is 2.26. The molecule has 0 aromatic heterocycles. The van der Waals surface area contributed by atoms with Crippen LogP contribution < -0.4 is 5.32 Å². The van der Waals surface area contributed by atoms with Gasteiger partial charge in [-0.25, -0.2) is 8.78 Å². The number of rotatable bonds is 4. The molecule has 0 aliphatic carbocycles. The Morgan fingerprint density at radius 1 is 1.39 bits per heavy atom. The average Bonchev–Trinajstić information content (AvgIpc) is 2.24. The van der Waals surface area contributed by atoms with E-state index in [1.165, 1.54) is 11.9 Å². The van der Waals surface area contributed by atoms with Crippen molar-refractivity contribution in [2.24, 2.45) is 0 Å². The van der Waals surface area contributed by atoms with E-state index in [1.807, 2.05) is 0 Å². The normalized spacial score (nSPS) is 9.83. The van der Waals surface area contributed by atoms with E-state index in [9.17, 15) is 13.6 Å². The van der Waals surface area contributed by atoms with Crippen molar-refractivity contribution in [1.29, 1.82) is 0 Å². The van der Waals surface area contributed by atoms with E-state index in [4.69, 9.17) is 0 Å². The third-order valence-corrected chi connectivity index (χ3v) is 2.72. The molecule has 102 valence electrons. The molecule has 0 radical (unpaired) electrons. The molecule has 0 spiro atoms. The van der Waals surface area contributed by atoms with Gasteiger partial charge in [0, 0.05) is 24.6 Å². The standard InChI is InChI=1S/C11H13BrF2N2O.ClH/c1-15-3-4-16(2)11(17)10-8(13)5-7(12)6-9(10)14;/h5-6,15H,3-4H2,1-2H3;1H. The number of likely N-dealkylation sites (N-methyl/N-ethyl adjacent to an activating group) is 2. The van der Waals surface area contributed by atoms with Crippen molar-refractivity contribution in [2.45, 2.75) is 0 Å². The lowest BCUT2D eigenvalue weighted by molar-refractivity contribution is 0.0787. The van der Waals surface area contributed by atoms with Gasteiger partial charge in [-0.1, -0.05) is 15.9 Å². The lowest BCUT2D eigenvalue weighted by Crippen LogP contribution is -2.33. The van der Waals surface area contributed by atoms with Crippen LogP contribution in [-0.4, -0.2) is 38.0 Å². The van der Waals surface area contributed by atoms with Crippen LogP contribution in [-0.2, 0) is 0 Å². The molecule has 1 N–H and O–H groups in total. The molecule has 0 bridgehead atoms. The number of halogens is 4. The Bertz CT molecular complexity index is 408. The number of amides is 1. The van der Waals surface area contributed by atoms with E-state index in [1.54, 1.807) is 7.05 Å². The average molecular weight is 344 g/mol. The van der Waals surface area contributed by atoms with E-state index in [-0.39, 0.29) is 16.9 Å². The minimum absolute atomic E-state index is 0. The number of nitrogens with zero attached hydrogens (tertiary/aromatic N) is 1. The van der Waals surface area contributed by atoms with Gasteiger partial charge in [0.2, 0.25) is 0 Å². The van der Waals surface area contributed by atoms with E-state index in [2.05, 4.69) is 21.2 Å². The lowest BCUT2D eigenvalue weighted by atomic mass is 10.1. The van der Waals surface area contributed by atoms with E-state index in [0.29, 0.717) is 13.1 Å². The quantitative estimate of drug-likeness (QED) is 0.911. The summed E-state index contributed by atoms with van der Waals surface area (Å²) in [5, 5.41) is 2.85. The Morgan fingerprint density at radius 3 is 2.33 bits per heavy atom. The molecule has 0 aliphatic heterocycles. The first-order valence-corrected chi connectivity index (χ1v) is 5.81. The Balaban J connectivity index is 0.00000289. The number of hydrogen-bond donors (Lipinski definition) is 1. The molecule has 3 nitrogen and oxygen atoms in total. The number of carbonyl (C=O) groups is 1. The van der Waals surface area contributed by atoms with Gasteiger partial charge in [-0.05, 0) is 19.2 Å². The van der Waals surface area contributed by atoms with Crippen molar-refractivity contribution in [3.05, 3.63) is 33.8 Å². The highest BCUT2D eigenvalue weighted by Gasteiger charge is 2.21. The number of hydrogen-bond acceptors (Lipinski definition) is 2. The predicted octanol–water partition coefficient (Wildman–Crippen LogP) is 2.44. The van der Waals surface area contributed by atoms with E-state index < -0.39 is 23.1 Å². The van der Waals surface area contributed by atoms with Crippen LogP contribution >= 0.6 is 28.3 Å². The SMILES string of the molecule is CNCCN(C)C(=O)c1c(F)cc(Br)cc1F.Cl. The Labute approximate surface area is 119 Å². The summed E-state index contributed by atoms with van der Waals surface area (Å²) in [5.74, 6) is -2.39. The zero-order valence-electron chi connectivity index (χ0n) is 9.97. The maximum absolute atomic E-state index is 13.5. The van der Waals surface area contributed by atoms with Gasteiger partial charge in [0.25, 0.3) is 5.91 Å². The van der Waals surface area contributed by atoms with E-state index >= 15 is 0 Å². The summed E-state index contributed by atoms with van der Waals surface area (Å²) in [7, 11) is 3.24. The molecular formula is C11H14BrClF2N2O. The molecule has 0 fully saturated rings. The maximum atomic E-state index is 13.5. The van der Waals surface area contributed by atoms with Crippen molar-refractivity contribution in [1.82, 2.24) is 10.2 Å². The predicted molar refractivity (Wildman–Crippen MR) is 72.2 cm³/mol. The molecule has 7 heteroatoms. The van der Waals surface area contributed by atoms with Crippen LogP contribution in [0, 0.1) is 11.6 Å². The van der Waals surface area contributed by atoms with Crippen LogP contribution in [0.2, 0.25) is 0 Å². The summed E-state index contributed by atoms with van der Waals surface area (Å²) in [6.45, 7) is 0.937. The molecule has 1 aromatic rings. The van der Waals surface area contributed by atoms with Gasteiger partial charge in [-0.15, -0.1) is 12.4 Å². The monoisotopic (exact) mass is 342 g/mol. The molecule has 0 atom stereocenters. The fourth-order valence-corrected chi connectivity index (χ4v) is 1.72. The van der Waals surface area contributed by atoms with Crippen molar-refractivity contribution in [3.8, 4) is 0 Å². The number of carbonyl (C=O) groups excluding carboxylic acids is 1. The molecular weight excluding hydrogens is 329 g/mol. The summed E-state index contributed by atoms with van der Waals surface area (Å²) in [4.78, 5) is 13.1. The van der Waals surface area contributed by atoms with Crippen LogP contribution in [0.1, 0.15) is 10.4 Å². The van der Waals surface area contributed by atoms with Crippen LogP contribution in [0.4, 0.5) is 8.78 Å². The second-order valence-corrected chi connectivity index (χ2v) is 4.49. The summed E-state index contributed by atoms with van der Waals surface area (Å²) >= 11 is 2.96. The first-order valence-electron chi connectivity index (χ1n) is 5.02. The van der Waals surface area contributed by atoms with Crippen LogP contribution in [0.15, 0.2) is 16.6 Å². The second-order valence-electron chi connectivity index (χ2n) is 3.57. The van der Waals surface area contributed by atoms with Crippen molar-refractivity contribution in [3.63, 3.8) is 0 Å². The zero-order valence-corrected chi connectivity index (χ0v) is 12.4. The van der Waals surface area contributed by atoms with Gasteiger partial charge < -0.3 is 10.2 Å². The first-order chi connectivity index (χ1) is 7.97. The van der Waals surface area contributed by atoms with Gasteiger partial charge in [0.15, 0.2) is 0 Å². The van der Waals surface area contributed by atoms with Gasteiger partial charge in [-0.3, -0.25) is 4.79 Å². The summed E-state index contributed by atoms with van der Waals surface area (Å²) in [6.07, 6.45) is 0. The smallest absolute Gasteiger partial charge is 0.259 e. The van der Waals surface area contributed by atoms with Gasteiger partial charge >= 0.3 is 0 Å². The van der Waals surface area contributed by atoms with Crippen molar-refractivity contribution < 1.29 is 13.6 Å². The first kappa shape index (κ1) is 17.3. The summed E-state index contributed by atoms with van der Waals surface area (Å²) in [6, 6.07) is 2.14. The third kappa shape index (κ3) is 4.19. The van der Waals surface area contributed by atoms with Gasteiger partial charge in [-0.2, -0.15) is 0 Å². The van der Waals surface area contributed by atoms with Crippen LogP contribution in [0.5, 0.6) is 0 Å². The summed E-state index contributed by atoms with van der Waals surface area (Å²) < 4.78 is 27.3. The molecule has 18 heavy (non-hydrogen) atoms. The lowest BCUT2D eigenvalue weighted by Gasteiger charge is -2.17. The Kier molecular flexibility index (Phi) is 7.35. The molecule has 0 aliphatic rings. The molecule has 0 unspecified atom stereocenters. The second kappa shape index (κ2) is 7.66. The maximum Gasteiger partial charge on any atom is 0.259 e. The molecule has 0 heterocycles. The van der Waals surface area contributed by atoms with Crippen molar-refractivity contribution >= 4 is 34.2 Å². The fraction of sp³-hybridized carbons (Fsp3) is 0.364.